The highest BCUT2D eigenvalue weighted by molar-refractivity contribution is 5.35. The van der Waals surface area contributed by atoms with Crippen molar-refractivity contribution in [1.82, 2.24) is 0 Å². The van der Waals surface area contributed by atoms with Gasteiger partial charge in [-0.1, -0.05) is 32.6 Å². The Labute approximate surface area is 104 Å². The van der Waals surface area contributed by atoms with Gasteiger partial charge in [0.1, 0.15) is 5.82 Å². The Balaban J connectivity index is 2.65. The Morgan fingerprint density at radius 3 is 2.24 bits per heavy atom. The van der Waals surface area contributed by atoms with Gasteiger partial charge in [-0.25, -0.2) is 4.39 Å². The Hall–Kier alpha value is -0.890. The minimum atomic E-state index is -0.451. The van der Waals surface area contributed by atoms with E-state index in [1.807, 2.05) is 13.8 Å². The van der Waals surface area contributed by atoms with Gasteiger partial charge < -0.3 is 5.11 Å². The van der Waals surface area contributed by atoms with Gasteiger partial charge in [0, 0.05) is 0 Å². The van der Waals surface area contributed by atoms with Crippen LogP contribution >= 0.6 is 0 Å². The van der Waals surface area contributed by atoms with Crippen LogP contribution in [0.15, 0.2) is 12.1 Å². The van der Waals surface area contributed by atoms with E-state index in [2.05, 4.69) is 6.92 Å². The molecule has 0 aliphatic rings. The van der Waals surface area contributed by atoms with Gasteiger partial charge >= 0.3 is 0 Å². The molecule has 0 saturated heterocycles. The average molecular weight is 238 g/mol. The van der Waals surface area contributed by atoms with E-state index < -0.39 is 6.10 Å². The zero-order chi connectivity index (χ0) is 12.8. The lowest BCUT2D eigenvalue weighted by atomic mass is 9.94. The summed E-state index contributed by atoms with van der Waals surface area (Å²) in [5.41, 5.74) is 2.61. The minimum Gasteiger partial charge on any atom is -0.388 e. The van der Waals surface area contributed by atoms with Crippen molar-refractivity contribution in [2.45, 2.75) is 59.0 Å². The maximum absolute atomic E-state index is 13.1. The summed E-state index contributed by atoms with van der Waals surface area (Å²) in [7, 11) is 0. The number of aryl methyl sites for hydroxylation is 2. The predicted octanol–water partition coefficient (Wildman–Crippen LogP) is 4.45. The molecule has 96 valence electrons. The Bertz CT molecular complexity index is 337. The summed E-state index contributed by atoms with van der Waals surface area (Å²) in [6.07, 6.45) is 4.93. The third kappa shape index (κ3) is 4.12. The molecule has 0 fully saturated rings. The maximum Gasteiger partial charge on any atom is 0.123 e. The fourth-order valence-corrected chi connectivity index (χ4v) is 2.36. The molecule has 0 heterocycles. The monoisotopic (exact) mass is 238 g/mol. The minimum absolute atomic E-state index is 0.220. The van der Waals surface area contributed by atoms with Crippen LogP contribution in [-0.4, -0.2) is 5.11 Å². The standard InChI is InChI=1S/C15H23FO/c1-4-5-6-7-8-14(17)15-11(2)9-13(16)10-12(15)3/h9-10,14,17H,4-8H2,1-3H3. The maximum atomic E-state index is 13.1. The molecule has 0 radical (unpaired) electrons. The van der Waals surface area contributed by atoms with Crippen LogP contribution in [0.25, 0.3) is 0 Å². The number of benzene rings is 1. The largest absolute Gasteiger partial charge is 0.388 e. The molecule has 0 aliphatic heterocycles. The first-order chi connectivity index (χ1) is 8.06. The molecule has 1 nitrogen and oxygen atoms in total. The van der Waals surface area contributed by atoms with E-state index in [4.69, 9.17) is 0 Å². The summed E-state index contributed by atoms with van der Waals surface area (Å²) in [5.74, 6) is -0.220. The van der Waals surface area contributed by atoms with E-state index in [9.17, 15) is 9.50 Å². The van der Waals surface area contributed by atoms with Crippen molar-refractivity contribution >= 4 is 0 Å². The SMILES string of the molecule is CCCCCCC(O)c1c(C)cc(F)cc1C. The summed E-state index contributed by atoms with van der Waals surface area (Å²) in [5, 5.41) is 10.1. The third-order valence-corrected chi connectivity index (χ3v) is 3.22. The fraction of sp³-hybridized carbons (Fsp3) is 0.600. The molecule has 1 rings (SSSR count). The number of unbranched alkanes of at least 4 members (excludes halogenated alkanes) is 3. The second kappa shape index (κ2) is 6.75. The first-order valence-corrected chi connectivity index (χ1v) is 6.51. The molecule has 0 saturated carbocycles. The van der Waals surface area contributed by atoms with E-state index in [-0.39, 0.29) is 5.82 Å². The lowest BCUT2D eigenvalue weighted by molar-refractivity contribution is 0.162. The summed E-state index contributed by atoms with van der Waals surface area (Å²) in [6, 6.07) is 3.00. The highest BCUT2D eigenvalue weighted by atomic mass is 19.1. The molecule has 0 aliphatic carbocycles. The molecule has 0 aromatic heterocycles. The Kier molecular flexibility index (Phi) is 5.63. The second-order valence-corrected chi connectivity index (χ2v) is 4.82. The molecular formula is C15H23FO. The van der Waals surface area contributed by atoms with Crippen molar-refractivity contribution in [2.24, 2.45) is 0 Å². The lowest BCUT2D eigenvalue weighted by Gasteiger charge is -2.16. The number of halogens is 1. The molecular weight excluding hydrogens is 215 g/mol. The van der Waals surface area contributed by atoms with Gasteiger partial charge in [0.25, 0.3) is 0 Å². The van der Waals surface area contributed by atoms with Gasteiger partial charge in [0.15, 0.2) is 0 Å². The van der Waals surface area contributed by atoms with E-state index in [1.165, 1.54) is 25.0 Å². The first-order valence-electron chi connectivity index (χ1n) is 6.51. The highest BCUT2D eigenvalue weighted by Crippen LogP contribution is 2.27. The normalized spacial score (nSPS) is 12.8. The summed E-state index contributed by atoms with van der Waals surface area (Å²) >= 11 is 0. The van der Waals surface area contributed by atoms with E-state index in [0.29, 0.717) is 0 Å². The van der Waals surface area contributed by atoms with Crippen LogP contribution in [0.4, 0.5) is 4.39 Å². The van der Waals surface area contributed by atoms with E-state index >= 15 is 0 Å². The molecule has 0 bridgehead atoms. The Morgan fingerprint density at radius 2 is 1.71 bits per heavy atom. The molecule has 17 heavy (non-hydrogen) atoms. The molecule has 2 heteroatoms. The van der Waals surface area contributed by atoms with Crippen LogP contribution in [0.2, 0.25) is 0 Å². The van der Waals surface area contributed by atoms with Crippen molar-refractivity contribution in [3.05, 3.63) is 34.6 Å². The molecule has 1 N–H and O–H groups in total. The number of rotatable bonds is 6. The van der Waals surface area contributed by atoms with Crippen LogP contribution in [0.5, 0.6) is 0 Å². The lowest BCUT2D eigenvalue weighted by Crippen LogP contribution is -2.03. The van der Waals surface area contributed by atoms with Gasteiger partial charge in [0.05, 0.1) is 6.10 Å². The number of aliphatic hydroxyl groups is 1. The van der Waals surface area contributed by atoms with Crippen molar-refractivity contribution in [3.8, 4) is 0 Å². The molecule has 0 amide bonds. The number of hydrogen-bond acceptors (Lipinski definition) is 1. The quantitative estimate of drug-likeness (QED) is 0.726. The molecule has 0 spiro atoms. The summed E-state index contributed by atoms with van der Waals surface area (Å²) in [4.78, 5) is 0. The number of hydrogen-bond donors (Lipinski definition) is 1. The van der Waals surface area contributed by atoms with Crippen LogP contribution in [0.3, 0.4) is 0 Å². The van der Waals surface area contributed by atoms with E-state index in [0.717, 1.165) is 36.0 Å². The predicted molar refractivity (Wildman–Crippen MR) is 69.6 cm³/mol. The van der Waals surface area contributed by atoms with Crippen molar-refractivity contribution in [2.75, 3.05) is 0 Å². The summed E-state index contributed by atoms with van der Waals surface area (Å²) in [6.45, 7) is 5.89. The van der Waals surface area contributed by atoms with Gasteiger partial charge in [-0.05, 0) is 49.1 Å². The van der Waals surface area contributed by atoms with Gasteiger partial charge in [0.2, 0.25) is 0 Å². The first kappa shape index (κ1) is 14.2. The van der Waals surface area contributed by atoms with Crippen LogP contribution in [0.1, 0.15) is 61.8 Å². The zero-order valence-electron chi connectivity index (χ0n) is 11.1. The van der Waals surface area contributed by atoms with Crippen molar-refractivity contribution in [1.29, 1.82) is 0 Å². The smallest absolute Gasteiger partial charge is 0.123 e. The highest BCUT2D eigenvalue weighted by Gasteiger charge is 2.13. The topological polar surface area (TPSA) is 20.2 Å². The van der Waals surface area contributed by atoms with Crippen LogP contribution in [0, 0.1) is 19.7 Å². The van der Waals surface area contributed by atoms with Crippen molar-refractivity contribution < 1.29 is 9.50 Å². The van der Waals surface area contributed by atoms with Crippen LogP contribution < -0.4 is 0 Å². The van der Waals surface area contributed by atoms with Gasteiger partial charge in [-0.3, -0.25) is 0 Å². The third-order valence-electron chi connectivity index (χ3n) is 3.22. The molecule has 1 unspecified atom stereocenters. The number of aliphatic hydroxyl groups excluding tert-OH is 1. The van der Waals surface area contributed by atoms with Crippen LogP contribution in [-0.2, 0) is 0 Å². The molecule has 1 aromatic carbocycles. The second-order valence-electron chi connectivity index (χ2n) is 4.82. The molecule has 1 atom stereocenters. The zero-order valence-corrected chi connectivity index (χ0v) is 11.1. The average Bonchev–Trinajstić information content (AvgIpc) is 2.23. The van der Waals surface area contributed by atoms with Gasteiger partial charge in [-0.15, -0.1) is 0 Å². The van der Waals surface area contributed by atoms with E-state index in [1.54, 1.807) is 0 Å². The van der Waals surface area contributed by atoms with Crippen molar-refractivity contribution in [3.63, 3.8) is 0 Å². The fourth-order valence-electron chi connectivity index (χ4n) is 2.36. The Morgan fingerprint density at radius 1 is 1.12 bits per heavy atom. The molecule has 1 aromatic rings. The van der Waals surface area contributed by atoms with Gasteiger partial charge in [-0.2, -0.15) is 0 Å². The summed E-state index contributed by atoms with van der Waals surface area (Å²) < 4.78 is 13.1.